The van der Waals surface area contributed by atoms with Crippen LogP contribution >= 0.6 is 61.1 Å². The van der Waals surface area contributed by atoms with Crippen molar-refractivity contribution in [3.05, 3.63) is 89.0 Å². The van der Waals surface area contributed by atoms with Crippen LogP contribution in [0.2, 0.25) is 0 Å². The van der Waals surface area contributed by atoms with Crippen LogP contribution in [0, 0.1) is 18.5 Å². The molecule has 0 saturated carbocycles. The lowest BCUT2D eigenvalue weighted by Crippen LogP contribution is -2.00. The summed E-state index contributed by atoms with van der Waals surface area (Å²) in [5.74, 6) is 1.33. The summed E-state index contributed by atoms with van der Waals surface area (Å²) in [7, 11) is 1.62. The van der Waals surface area contributed by atoms with Gasteiger partial charge < -0.3 is 9.47 Å². The van der Waals surface area contributed by atoms with Gasteiger partial charge in [0.15, 0.2) is 11.5 Å². The molecule has 0 radical (unpaired) electrons. The molecule has 3 nitrogen and oxygen atoms in total. The molecule has 29 heavy (non-hydrogen) atoms. The van der Waals surface area contributed by atoms with Crippen molar-refractivity contribution >= 4 is 72.8 Å². The molecule has 0 aliphatic heterocycles. The molecular formula is C23H16BrI2NO2. The third-order valence-electron chi connectivity index (χ3n) is 4.13. The normalized spacial score (nSPS) is 11.1. The van der Waals surface area contributed by atoms with Crippen LogP contribution in [-0.4, -0.2) is 7.11 Å². The maximum atomic E-state index is 9.61. The molecule has 0 fully saturated rings. The smallest absolute Gasteiger partial charge is 0.174 e. The number of halogens is 3. The Kier molecular flexibility index (Phi) is 7.98. The first-order valence-electron chi connectivity index (χ1n) is 8.62. The van der Waals surface area contributed by atoms with Gasteiger partial charge in [-0.2, -0.15) is 5.26 Å². The average molecular weight is 672 g/mol. The lowest BCUT2D eigenvalue weighted by Gasteiger charge is -2.14. The maximum Gasteiger partial charge on any atom is 0.174 e. The highest BCUT2D eigenvalue weighted by atomic mass is 127. The van der Waals surface area contributed by atoms with Crippen LogP contribution in [0.4, 0.5) is 0 Å². The highest BCUT2D eigenvalue weighted by Gasteiger charge is 2.12. The van der Waals surface area contributed by atoms with Crippen molar-refractivity contribution in [3.8, 4) is 17.6 Å². The molecule has 0 amide bonds. The van der Waals surface area contributed by atoms with Crippen molar-refractivity contribution in [2.75, 3.05) is 7.11 Å². The molecule has 0 saturated heterocycles. The number of methoxy groups -OCH3 is 1. The monoisotopic (exact) mass is 671 g/mol. The zero-order valence-corrected chi connectivity index (χ0v) is 21.4. The van der Waals surface area contributed by atoms with Gasteiger partial charge in [0.25, 0.3) is 0 Å². The van der Waals surface area contributed by atoms with Crippen molar-refractivity contribution in [1.29, 1.82) is 5.26 Å². The Labute approximate surface area is 206 Å². The minimum Gasteiger partial charge on any atom is -0.493 e. The van der Waals surface area contributed by atoms with E-state index in [0.717, 1.165) is 28.3 Å². The molecule has 0 heterocycles. The van der Waals surface area contributed by atoms with E-state index in [0.29, 0.717) is 23.7 Å². The van der Waals surface area contributed by atoms with E-state index in [1.54, 1.807) is 7.11 Å². The third-order valence-corrected chi connectivity index (χ3v) is 6.18. The van der Waals surface area contributed by atoms with Gasteiger partial charge in [0.05, 0.1) is 22.3 Å². The van der Waals surface area contributed by atoms with Crippen LogP contribution in [0.1, 0.15) is 16.7 Å². The van der Waals surface area contributed by atoms with Gasteiger partial charge in [0.1, 0.15) is 6.61 Å². The first-order chi connectivity index (χ1) is 14.0. The van der Waals surface area contributed by atoms with E-state index < -0.39 is 0 Å². The summed E-state index contributed by atoms with van der Waals surface area (Å²) in [6, 6.07) is 22.1. The Bertz CT molecular complexity index is 1070. The second kappa shape index (κ2) is 10.5. The Morgan fingerprint density at radius 3 is 2.38 bits per heavy atom. The zero-order chi connectivity index (χ0) is 20.8. The minimum absolute atomic E-state index is 0.445. The first-order valence-corrected chi connectivity index (χ1v) is 11.6. The molecule has 3 aromatic carbocycles. The molecule has 6 heteroatoms. The number of ether oxygens (including phenoxy) is 2. The molecular weight excluding hydrogens is 656 g/mol. The molecule has 0 N–H and O–H groups in total. The largest absolute Gasteiger partial charge is 0.493 e. The van der Waals surface area contributed by atoms with E-state index in [1.165, 1.54) is 0 Å². The summed E-state index contributed by atoms with van der Waals surface area (Å²) >= 11 is 7.92. The van der Waals surface area contributed by atoms with Gasteiger partial charge in [0, 0.05) is 8.04 Å². The molecule has 3 aromatic rings. The fourth-order valence-corrected chi connectivity index (χ4v) is 4.08. The molecule has 0 aliphatic rings. The number of hydrogen-bond donors (Lipinski definition) is 0. The van der Waals surface area contributed by atoms with Gasteiger partial charge in [-0.15, -0.1) is 0 Å². The molecule has 0 bridgehead atoms. The molecule has 0 atom stereocenters. The van der Waals surface area contributed by atoms with Gasteiger partial charge in [0.2, 0.25) is 0 Å². The van der Waals surface area contributed by atoms with Crippen molar-refractivity contribution in [2.45, 2.75) is 6.61 Å². The van der Waals surface area contributed by atoms with E-state index in [2.05, 4.69) is 67.2 Å². The van der Waals surface area contributed by atoms with E-state index in [4.69, 9.17) is 9.47 Å². The Morgan fingerprint density at radius 1 is 1.07 bits per heavy atom. The van der Waals surface area contributed by atoms with Crippen LogP contribution in [-0.2, 0) is 6.61 Å². The quantitative estimate of drug-likeness (QED) is 0.157. The highest BCUT2D eigenvalue weighted by molar-refractivity contribution is 14.1. The van der Waals surface area contributed by atoms with Gasteiger partial charge >= 0.3 is 0 Å². The van der Waals surface area contributed by atoms with Crippen LogP contribution in [0.5, 0.6) is 11.5 Å². The SMILES string of the molecule is COc1cc(/C=C(/C#N)c2ccc(I)cc2)cc(I)c1OCc1ccc(Br)cc1. The van der Waals surface area contributed by atoms with E-state index in [1.807, 2.05) is 66.7 Å². The predicted octanol–water partition coefficient (Wildman–Crippen LogP) is 7.31. The number of rotatable bonds is 6. The Balaban J connectivity index is 1.88. The van der Waals surface area contributed by atoms with E-state index >= 15 is 0 Å². The van der Waals surface area contributed by atoms with Crippen LogP contribution in [0.15, 0.2) is 65.1 Å². The highest BCUT2D eigenvalue weighted by Crippen LogP contribution is 2.35. The number of allylic oxidation sites excluding steroid dienone is 1. The molecule has 0 spiro atoms. The number of hydrogen-bond acceptors (Lipinski definition) is 3. The van der Waals surface area contributed by atoms with Crippen LogP contribution in [0.25, 0.3) is 11.6 Å². The molecule has 0 unspecified atom stereocenters. The van der Waals surface area contributed by atoms with Crippen molar-refractivity contribution in [2.24, 2.45) is 0 Å². The Morgan fingerprint density at radius 2 is 1.76 bits per heavy atom. The van der Waals surface area contributed by atoms with Crippen LogP contribution in [0.3, 0.4) is 0 Å². The predicted molar refractivity (Wildman–Crippen MR) is 137 cm³/mol. The molecule has 0 aliphatic carbocycles. The van der Waals surface area contributed by atoms with Gasteiger partial charge in [-0.3, -0.25) is 0 Å². The fourth-order valence-electron chi connectivity index (χ4n) is 2.68. The Hall–Kier alpha value is -1.57. The maximum absolute atomic E-state index is 9.61. The zero-order valence-electron chi connectivity index (χ0n) is 15.5. The lowest BCUT2D eigenvalue weighted by molar-refractivity contribution is 0.282. The van der Waals surface area contributed by atoms with E-state index in [9.17, 15) is 5.26 Å². The number of benzene rings is 3. The topological polar surface area (TPSA) is 42.2 Å². The van der Waals surface area contributed by atoms with Gasteiger partial charge in [-0.25, -0.2) is 0 Å². The standard InChI is InChI=1S/C23H16BrI2NO2/c1-28-22-12-16(10-18(13-27)17-4-8-20(25)9-5-17)11-21(26)23(22)29-14-15-2-6-19(24)7-3-15/h2-12H,14H2,1H3/b18-10-. The summed E-state index contributed by atoms with van der Waals surface area (Å²) in [4.78, 5) is 0. The number of nitrogens with zero attached hydrogens (tertiary/aromatic N) is 1. The van der Waals surface area contributed by atoms with Gasteiger partial charge in [-0.05, 0) is 104 Å². The summed E-state index contributed by atoms with van der Waals surface area (Å²) < 4.78 is 14.7. The summed E-state index contributed by atoms with van der Waals surface area (Å²) in [6.07, 6.45) is 1.87. The van der Waals surface area contributed by atoms with Crippen molar-refractivity contribution in [3.63, 3.8) is 0 Å². The first kappa shape index (κ1) is 22.1. The van der Waals surface area contributed by atoms with Crippen molar-refractivity contribution in [1.82, 2.24) is 0 Å². The molecule has 0 aromatic heterocycles. The second-order valence-corrected chi connectivity index (χ2v) is 9.45. The summed E-state index contributed by atoms with van der Waals surface area (Å²) in [5.41, 5.74) is 3.44. The average Bonchev–Trinajstić information content (AvgIpc) is 2.72. The van der Waals surface area contributed by atoms with Gasteiger partial charge in [-0.1, -0.05) is 40.2 Å². The number of nitriles is 1. The van der Waals surface area contributed by atoms with Crippen LogP contribution < -0.4 is 9.47 Å². The van der Waals surface area contributed by atoms with E-state index in [-0.39, 0.29) is 0 Å². The molecule has 3 rings (SSSR count). The summed E-state index contributed by atoms with van der Waals surface area (Å²) in [5, 5.41) is 9.61. The minimum atomic E-state index is 0.445. The lowest BCUT2D eigenvalue weighted by atomic mass is 10.0. The second-order valence-electron chi connectivity index (χ2n) is 6.13. The third kappa shape index (κ3) is 5.96. The fraction of sp³-hybridized carbons (Fsp3) is 0.0870. The summed E-state index contributed by atoms with van der Waals surface area (Å²) in [6.45, 7) is 0.445. The van der Waals surface area contributed by atoms with Crippen molar-refractivity contribution < 1.29 is 9.47 Å². The molecule has 146 valence electrons.